The van der Waals surface area contributed by atoms with Gasteiger partial charge >= 0.3 is 5.97 Å². The van der Waals surface area contributed by atoms with E-state index in [1.807, 2.05) is 31.2 Å². The van der Waals surface area contributed by atoms with E-state index in [2.05, 4.69) is 10.1 Å². The molecule has 0 aromatic heterocycles. The lowest BCUT2D eigenvalue weighted by Gasteiger charge is -2.11. The minimum atomic E-state index is -0.404. The van der Waals surface area contributed by atoms with Gasteiger partial charge in [0.15, 0.2) is 0 Å². The molecule has 0 saturated heterocycles. The van der Waals surface area contributed by atoms with Gasteiger partial charge in [0, 0.05) is 24.7 Å². The van der Waals surface area contributed by atoms with Crippen LogP contribution in [0.25, 0.3) is 5.70 Å². The van der Waals surface area contributed by atoms with Crippen LogP contribution in [0.15, 0.2) is 30.3 Å². The fourth-order valence-corrected chi connectivity index (χ4v) is 1.55. The molecular formula is C15H19NO3. The van der Waals surface area contributed by atoms with Crippen LogP contribution in [0.2, 0.25) is 0 Å². The first-order valence-electron chi connectivity index (χ1n) is 6.21. The van der Waals surface area contributed by atoms with E-state index >= 15 is 0 Å². The fraction of sp³-hybridized carbons (Fsp3) is 0.333. The van der Waals surface area contributed by atoms with Crippen molar-refractivity contribution in [2.24, 2.45) is 0 Å². The van der Waals surface area contributed by atoms with E-state index in [4.69, 9.17) is 0 Å². The molecule has 0 fully saturated rings. The molecule has 19 heavy (non-hydrogen) atoms. The highest BCUT2D eigenvalue weighted by Gasteiger charge is 2.04. The van der Waals surface area contributed by atoms with Gasteiger partial charge in [-0.2, -0.15) is 0 Å². The molecule has 0 saturated carbocycles. The number of carbonyl (C=O) groups is 2. The van der Waals surface area contributed by atoms with E-state index in [9.17, 15) is 9.59 Å². The molecule has 0 aliphatic heterocycles. The van der Waals surface area contributed by atoms with E-state index in [-0.39, 0.29) is 0 Å². The number of esters is 1. The maximum absolute atomic E-state index is 11.4. The first kappa shape index (κ1) is 15.0. The van der Waals surface area contributed by atoms with Gasteiger partial charge in [-0.25, -0.2) is 4.79 Å². The maximum Gasteiger partial charge on any atom is 0.332 e. The number of hydrogen-bond acceptors (Lipinski definition) is 4. The topological polar surface area (TPSA) is 55.4 Å². The van der Waals surface area contributed by atoms with Crippen LogP contribution in [0.4, 0.5) is 0 Å². The van der Waals surface area contributed by atoms with E-state index in [1.165, 1.54) is 13.2 Å². The first-order chi connectivity index (χ1) is 9.17. The second-order valence-electron chi connectivity index (χ2n) is 4.18. The number of ether oxygens (including phenoxy) is 1. The van der Waals surface area contributed by atoms with Crippen molar-refractivity contribution in [1.82, 2.24) is 5.32 Å². The normalized spacial score (nSPS) is 10.9. The number of nitrogens with one attached hydrogen (secondary N) is 1. The van der Waals surface area contributed by atoms with Crippen molar-refractivity contribution < 1.29 is 14.3 Å². The Bertz CT molecular complexity index is 449. The van der Waals surface area contributed by atoms with Crippen molar-refractivity contribution in [1.29, 1.82) is 0 Å². The van der Waals surface area contributed by atoms with Gasteiger partial charge in [-0.1, -0.05) is 29.8 Å². The second kappa shape index (κ2) is 8.08. The number of aryl methyl sites for hydroxylation is 1. The summed E-state index contributed by atoms with van der Waals surface area (Å²) < 4.78 is 4.64. The minimum Gasteiger partial charge on any atom is -0.466 e. The zero-order valence-corrected chi connectivity index (χ0v) is 11.3. The van der Waals surface area contributed by atoms with Crippen LogP contribution in [0.5, 0.6) is 0 Å². The van der Waals surface area contributed by atoms with Crippen LogP contribution >= 0.6 is 0 Å². The molecule has 0 heterocycles. The Kier molecular flexibility index (Phi) is 6.36. The van der Waals surface area contributed by atoms with E-state index in [0.29, 0.717) is 18.7 Å². The summed E-state index contributed by atoms with van der Waals surface area (Å²) >= 11 is 0. The number of rotatable bonds is 7. The molecule has 0 radical (unpaired) electrons. The molecule has 4 nitrogen and oxygen atoms in total. The molecule has 0 unspecified atom stereocenters. The smallest absolute Gasteiger partial charge is 0.332 e. The third kappa shape index (κ3) is 5.38. The van der Waals surface area contributed by atoms with Crippen LogP contribution in [0.1, 0.15) is 24.0 Å². The maximum atomic E-state index is 11.4. The molecule has 102 valence electrons. The zero-order chi connectivity index (χ0) is 14.1. The average Bonchev–Trinajstić information content (AvgIpc) is 2.43. The van der Waals surface area contributed by atoms with Crippen LogP contribution < -0.4 is 5.32 Å². The Morgan fingerprint density at radius 2 is 2.00 bits per heavy atom. The summed E-state index contributed by atoms with van der Waals surface area (Å²) in [6.07, 6.45) is 3.54. The first-order valence-corrected chi connectivity index (χ1v) is 6.21. The number of benzene rings is 1. The quantitative estimate of drug-likeness (QED) is 0.353. The van der Waals surface area contributed by atoms with Gasteiger partial charge < -0.3 is 14.8 Å². The van der Waals surface area contributed by atoms with Crippen molar-refractivity contribution in [3.05, 3.63) is 41.5 Å². The fourth-order valence-electron chi connectivity index (χ4n) is 1.55. The molecule has 1 rings (SSSR count). The van der Waals surface area contributed by atoms with Gasteiger partial charge in [-0.15, -0.1) is 0 Å². The standard InChI is InChI=1S/C15H19NO3/c1-12-5-7-13(8-6-12)14(11-15(18)19-2)16-9-3-4-10-17/h5-8,10-11,16H,3-4,9H2,1-2H3/b14-11-. The molecule has 1 aromatic rings. The van der Waals surface area contributed by atoms with Crippen LogP contribution in [0.3, 0.4) is 0 Å². The van der Waals surface area contributed by atoms with E-state index in [0.717, 1.165) is 23.8 Å². The average molecular weight is 261 g/mol. The molecular weight excluding hydrogens is 242 g/mol. The monoisotopic (exact) mass is 261 g/mol. The molecule has 4 heteroatoms. The van der Waals surface area contributed by atoms with Crippen LogP contribution in [-0.2, 0) is 14.3 Å². The van der Waals surface area contributed by atoms with Gasteiger partial charge in [0.25, 0.3) is 0 Å². The van der Waals surface area contributed by atoms with Crippen molar-refractivity contribution in [2.75, 3.05) is 13.7 Å². The summed E-state index contributed by atoms with van der Waals surface area (Å²) in [5, 5.41) is 3.16. The van der Waals surface area contributed by atoms with Gasteiger partial charge in [0.05, 0.1) is 7.11 Å². The molecule has 0 amide bonds. The lowest BCUT2D eigenvalue weighted by molar-refractivity contribution is -0.134. The van der Waals surface area contributed by atoms with Gasteiger partial charge in [0.1, 0.15) is 6.29 Å². The molecule has 0 bridgehead atoms. The Hall–Kier alpha value is -2.10. The Labute approximate surface area is 113 Å². The van der Waals surface area contributed by atoms with Crippen molar-refractivity contribution >= 4 is 18.0 Å². The largest absolute Gasteiger partial charge is 0.466 e. The predicted octanol–water partition coefficient (Wildman–Crippen LogP) is 2.08. The summed E-state index contributed by atoms with van der Waals surface area (Å²) in [5.41, 5.74) is 2.78. The van der Waals surface area contributed by atoms with Gasteiger partial charge in [-0.3, -0.25) is 0 Å². The lowest BCUT2D eigenvalue weighted by Crippen LogP contribution is -2.15. The number of hydrogen-bond donors (Lipinski definition) is 1. The molecule has 0 aliphatic rings. The van der Waals surface area contributed by atoms with Crippen molar-refractivity contribution in [3.63, 3.8) is 0 Å². The Balaban J connectivity index is 2.79. The zero-order valence-electron chi connectivity index (χ0n) is 11.3. The third-order valence-electron chi connectivity index (χ3n) is 2.64. The van der Waals surface area contributed by atoms with Gasteiger partial charge in [0.2, 0.25) is 0 Å². The number of unbranched alkanes of at least 4 members (excludes halogenated alkanes) is 1. The molecule has 0 spiro atoms. The van der Waals surface area contributed by atoms with E-state index < -0.39 is 5.97 Å². The Morgan fingerprint density at radius 1 is 1.32 bits per heavy atom. The number of aldehydes is 1. The SMILES string of the molecule is COC(=O)/C=C(\NCCCC=O)c1ccc(C)cc1. The molecule has 0 atom stereocenters. The highest BCUT2D eigenvalue weighted by Crippen LogP contribution is 2.13. The number of methoxy groups -OCH3 is 1. The Morgan fingerprint density at radius 3 is 2.58 bits per heavy atom. The van der Waals surface area contributed by atoms with Gasteiger partial charge in [-0.05, 0) is 18.9 Å². The van der Waals surface area contributed by atoms with E-state index in [1.54, 1.807) is 0 Å². The second-order valence-corrected chi connectivity index (χ2v) is 4.18. The summed E-state index contributed by atoms with van der Waals surface area (Å²) in [6.45, 7) is 2.64. The molecule has 0 aliphatic carbocycles. The summed E-state index contributed by atoms with van der Waals surface area (Å²) in [4.78, 5) is 21.6. The van der Waals surface area contributed by atoms with Crippen molar-refractivity contribution in [3.8, 4) is 0 Å². The van der Waals surface area contributed by atoms with Crippen molar-refractivity contribution in [2.45, 2.75) is 19.8 Å². The summed E-state index contributed by atoms with van der Waals surface area (Å²) in [5.74, 6) is -0.404. The van der Waals surface area contributed by atoms with Crippen LogP contribution in [-0.4, -0.2) is 25.9 Å². The van der Waals surface area contributed by atoms with Crippen LogP contribution in [0, 0.1) is 6.92 Å². The molecule has 1 N–H and O–H groups in total. The summed E-state index contributed by atoms with van der Waals surface area (Å²) in [7, 11) is 1.35. The highest BCUT2D eigenvalue weighted by molar-refractivity contribution is 5.90. The highest BCUT2D eigenvalue weighted by atomic mass is 16.5. The third-order valence-corrected chi connectivity index (χ3v) is 2.64. The summed E-state index contributed by atoms with van der Waals surface area (Å²) in [6, 6.07) is 7.84. The molecule has 1 aromatic carbocycles. The lowest BCUT2D eigenvalue weighted by atomic mass is 10.1. The minimum absolute atomic E-state index is 0.404. The predicted molar refractivity (Wildman–Crippen MR) is 74.5 cm³/mol. The number of carbonyl (C=O) groups excluding carboxylic acids is 2.